The molecular weight excluding hydrogens is 282 g/mol. The van der Waals surface area contributed by atoms with Crippen LogP contribution in [0.4, 0.5) is 11.4 Å². The van der Waals surface area contributed by atoms with Gasteiger partial charge in [0.1, 0.15) is 5.15 Å². The summed E-state index contributed by atoms with van der Waals surface area (Å²) in [7, 11) is 0. The van der Waals surface area contributed by atoms with Crippen LogP contribution in [0.25, 0.3) is 0 Å². The fourth-order valence-electron chi connectivity index (χ4n) is 2.88. The summed E-state index contributed by atoms with van der Waals surface area (Å²) in [5, 5.41) is 0.564. The second kappa shape index (κ2) is 5.94. The summed E-state index contributed by atoms with van der Waals surface area (Å²) in [6.45, 7) is 8.32. The van der Waals surface area contributed by atoms with E-state index >= 15 is 0 Å². The second-order valence-electron chi connectivity index (χ2n) is 5.61. The number of piperazine rings is 1. The van der Waals surface area contributed by atoms with Gasteiger partial charge in [0.2, 0.25) is 0 Å². The van der Waals surface area contributed by atoms with E-state index in [1.54, 1.807) is 0 Å². The van der Waals surface area contributed by atoms with Crippen LogP contribution in [0.5, 0.6) is 0 Å². The molecule has 3 nitrogen and oxygen atoms in total. The molecule has 0 unspecified atom stereocenters. The van der Waals surface area contributed by atoms with Crippen molar-refractivity contribution in [3.8, 4) is 0 Å². The van der Waals surface area contributed by atoms with Gasteiger partial charge in [-0.3, -0.25) is 0 Å². The van der Waals surface area contributed by atoms with Crippen LogP contribution in [0.1, 0.15) is 11.1 Å². The number of halogens is 1. The molecule has 0 atom stereocenters. The van der Waals surface area contributed by atoms with Crippen LogP contribution < -0.4 is 9.80 Å². The van der Waals surface area contributed by atoms with Gasteiger partial charge in [-0.1, -0.05) is 23.7 Å². The maximum atomic E-state index is 5.94. The standard InChI is InChI=1S/C17H20ClN3/c1-13-4-3-5-15(10-13)20-6-8-21(9-7-20)16-12-19-17(18)11-14(16)2/h3-5,10-12H,6-9H2,1-2H3. The molecule has 0 aliphatic carbocycles. The number of rotatable bonds is 2. The van der Waals surface area contributed by atoms with Gasteiger partial charge >= 0.3 is 0 Å². The quantitative estimate of drug-likeness (QED) is 0.789. The number of nitrogens with zero attached hydrogens (tertiary/aromatic N) is 3. The number of pyridine rings is 1. The Morgan fingerprint density at radius 3 is 2.38 bits per heavy atom. The summed E-state index contributed by atoms with van der Waals surface area (Å²) in [5.41, 5.74) is 5.02. The number of aryl methyl sites for hydroxylation is 2. The van der Waals surface area contributed by atoms with E-state index in [2.05, 4.69) is 52.9 Å². The molecule has 0 saturated carbocycles. The highest BCUT2D eigenvalue weighted by molar-refractivity contribution is 6.29. The fraction of sp³-hybridized carbons (Fsp3) is 0.353. The molecule has 2 heterocycles. The molecule has 0 bridgehead atoms. The Bertz CT molecular complexity index is 634. The summed E-state index contributed by atoms with van der Waals surface area (Å²) in [6.07, 6.45) is 1.89. The minimum absolute atomic E-state index is 0.564. The highest BCUT2D eigenvalue weighted by atomic mass is 35.5. The Balaban J connectivity index is 1.70. The molecule has 4 heteroatoms. The lowest BCUT2D eigenvalue weighted by Gasteiger charge is -2.38. The van der Waals surface area contributed by atoms with Crippen LogP contribution in [-0.2, 0) is 0 Å². The van der Waals surface area contributed by atoms with Crippen LogP contribution in [-0.4, -0.2) is 31.2 Å². The highest BCUT2D eigenvalue weighted by Gasteiger charge is 2.19. The van der Waals surface area contributed by atoms with Crippen LogP contribution in [0.3, 0.4) is 0 Å². The van der Waals surface area contributed by atoms with E-state index < -0.39 is 0 Å². The number of benzene rings is 1. The zero-order chi connectivity index (χ0) is 14.8. The predicted molar refractivity (Wildman–Crippen MR) is 89.6 cm³/mol. The van der Waals surface area contributed by atoms with Crippen molar-refractivity contribution in [2.75, 3.05) is 36.0 Å². The van der Waals surface area contributed by atoms with Crippen molar-refractivity contribution >= 4 is 23.0 Å². The van der Waals surface area contributed by atoms with Gasteiger partial charge in [0.25, 0.3) is 0 Å². The van der Waals surface area contributed by atoms with Gasteiger partial charge in [-0.2, -0.15) is 0 Å². The van der Waals surface area contributed by atoms with E-state index in [-0.39, 0.29) is 0 Å². The van der Waals surface area contributed by atoms with Gasteiger partial charge in [0.05, 0.1) is 11.9 Å². The minimum atomic E-state index is 0.564. The van der Waals surface area contributed by atoms with E-state index in [0.717, 1.165) is 26.2 Å². The average Bonchev–Trinajstić information content (AvgIpc) is 2.47. The second-order valence-corrected chi connectivity index (χ2v) is 5.99. The van der Waals surface area contributed by atoms with Gasteiger partial charge < -0.3 is 9.80 Å². The summed E-state index contributed by atoms with van der Waals surface area (Å²) in [4.78, 5) is 9.05. The molecule has 1 fully saturated rings. The molecule has 0 N–H and O–H groups in total. The van der Waals surface area contributed by atoms with Crippen LogP contribution >= 0.6 is 11.6 Å². The molecule has 0 spiro atoms. The molecule has 0 amide bonds. The lowest BCUT2D eigenvalue weighted by atomic mass is 10.1. The SMILES string of the molecule is Cc1cccc(N2CCN(c3cnc(Cl)cc3C)CC2)c1. The Kier molecular flexibility index (Phi) is 4.02. The van der Waals surface area contributed by atoms with E-state index in [1.807, 2.05) is 12.3 Å². The maximum absolute atomic E-state index is 5.94. The monoisotopic (exact) mass is 301 g/mol. The van der Waals surface area contributed by atoms with Gasteiger partial charge in [0.15, 0.2) is 0 Å². The summed E-state index contributed by atoms with van der Waals surface area (Å²) in [6, 6.07) is 10.7. The van der Waals surface area contributed by atoms with Gasteiger partial charge in [0, 0.05) is 31.9 Å². The smallest absolute Gasteiger partial charge is 0.129 e. The highest BCUT2D eigenvalue weighted by Crippen LogP contribution is 2.24. The summed E-state index contributed by atoms with van der Waals surface area (Å²) >= 11 is 5.94. The first-order valence-corrected chi connectivity index (χ1v) is 7.70. The minimum Gasteiger partial charge on any atom is -0.368 e. The van der Waals surface area contributed by atoms with Crippen molar-refractivity contribution in [2.45, 2.75) is 13.8 Å². The van der Waals surface area contributed by atoms with Crippen LogP contribution in [0.15, 0.2) is 36.5 Å². The third-order valence-electron chi connectivity index (χ3n) is 4.04. The van der Waals surface area contributed by atoms with E-state index in [9.17, 15) is 0 Å². The first kappa shape index (κ1) is 14.2. The lowest BCUT2D eigenvalue weighted by Crippen LogP contribution is -2.46. The molecule has 1 aliphatic heterocycles. The predicted octanol–water partition coefficient (Wildman–Crippen LogP) is 3.68. The van der Waals surface area contributed by atoms with E-state index in [1.165, 1.54) is 22.5 Å². The molecule has 110 valence electrons. The molecular formula is C17H20ClN3. The lowest BCUT2D eigenvalue weighted by molar-refractivity contribution is 0.651. The molecule has 1 aliphatic rings. The number of hydrogen-bond donors (Lipinski definition) is 0. The largest absolute Gasteiger partial charge is 0.368 e. The Hall–Kier alpha value is -1.74. The first-order chi connectivity index (χ1) is 10.1. The molecule has 3 rings (SSSR count). The number of aromatic nitrogens is 1. The van der Waals surface area contributed by atoms with Crippen LogP contribution in [0.2, 0.25) is 5.15 Å². The molecule has 21 heavy (non-hydrogen) atoms. The molecule has 1 aromatic heterocycles. The molecule has 2 aromatic rings. The average molecular weight is 302 g/mol. The fourth-order valence-corrected chi connectivity index (χ4v) is 3.09. The van der Waals surface area contributed by atoms with Crippen molar-refractivity contribution in [1.29, 1.82) is 0 Å². The van der Waals surface area contributed by atoms with Crippen molar-refractivity contribution in [1.82, 2.24) is 4.98 Å². The molecule has 1 saturated heterocycles. The first-order valence-electron chi connectivity index (χ1n) is 7.32. The topological polar surface area (TPSA) is 19.4 Å². The van der Waals surface area contributed by atoms with Gasteiger partial charge in [-0.25, -0.2) is 4.98 Å². The Morgan fingerprint density at radius 2 is 1.71 bits per heavy atom. The third kappa shape index (κ3) is 3.13. The van der Waals surface area contributed by atoms with Gasteiger partial charge in [-0.05, 0) is 43.2 Å². The molecule has 1 aromatic carbocycles. The van der Waals surface area contributed by atoms with Crippen molar-refractivity contribution in [3.05, 3.63) is 52.8 Å². The molecule has 0 radical (unpaired) electrons. The Labute approximate surface area is 131 Å². The van der Waals surface area contributed by atoms with E-state index in [4.69, 9.17) is 11.6 Å². The zero-order valence-corrected chi connectivity index (χ0v) is 13.3. The Morgan fingerprint density at radius 1 is 1.00 bits per heavy atom. The number of anilines is 2. The number of hydrogen-bond acceptors (Lipinski definition) is 3. The third-order valence-corrected chi connectivity index (χ3v) is 4.24. The summed E-state index contributed by atoms with van der Waals surface area (Å²) in [5.74, 6) is 0. The van der Waals surface area contributed by atoms with Gasteiger partial charge in [-0.15, -0.1) is 0 Å². The zero-order valence-electron chi connectivity index (χ0n) is 12.5. The van der Waals surface area contributed by atoms with Crippen molar-refractivity contribution < 1.29 is 0 Å². The van der Waals surface area contributed by atoms with Crippen molar-refractivity contribution in [3.63, 3.8) is 0 Å². The normalized spacial score (nSPS) is 15.4. The van der Waals surface area contributed by atoms with Crippen molar-refractivity contribution in [2.24, 2.45) is 0 Å². The summed E-state index contributed by atoms with van der Waals surface area (Å²) < 4.78 is 0. The van der Waals surface area contributed by atoms with Crippen LogP contribution in [0, 0.1) is 13.8 Å². The van der Waals surface area contributed by atoms with E-state index in [0.29, 0.717) is 5.15 Å². The maximum Gasteiger partial charge on any atom is 0.129 e.